The van der Waals surface area contributed by atoms with Gasteiger partial charge < -0.3 is 10.1 Å². The Morgan fingerprint density at radius 1 is 1.30 bits per heavy atom. The molecule has 0 aromatic heterocycles. The number of allylic oxidation sites excluding steroid dienone is 1. The summed E-state index contributed by atoms with van der Waals surface area (Å²) < 4.78 is 56.4. The highest BCUT2D eigenvalue weighted by molar-refractivity contribution is 5.91. The third-order valence-corrected chi connectivity index (χ3v) is 2.48. The molecule has 0 radical (unpaired) electrons. The quantitative estimate of drug-likeness (QED) is 0.861. The van der Waals surface area contributed by atoms with E-state index in [4.69, 9.17) is 4.74 Å². The largest absolute Gasteiger partial charge is 0.494 e. The second-order valence-corrected chi connectivity index (χ2v) is 4.05. The number of hydrogen-bond donors (Lipinski definition) is 1. The highest BCUT2D eigenvalue weighted by Crippen LogP contribution is 2.33. The monoisotopic (exact) mass is 291 g/mol. The Hall–Kier alpha value is -2.05. The average Bonchev–Trinajstić information content (AvgIpc) is 2.32. The summed E-state index contributed by atoms with van der Waals surface area (Å²) in [7, 11) is 1.20. The fourth-order valence-electron chi connectivity index (χ4n) is 1.47. The van der Waals surface area contributed by atoms with Gasteiger partial charge in [0.2, 0.25) is 5.91 Å². The van der Waals surface area contributed by atoms with Gasteiger partial charge in [-0.1, -0.05) is 0 Å². The molecule has 0 spiro atoms. The molecule has 0 aliphatic rings. The first-order valence-electron chi connectivity index (χ1n) is 5.56. The van der Waals surface area contributed by atoms with Crippen LogP contribution >= 0.6 is 0 Å². The summed E-state index contributed by atoms with van der Waals surface area (Å²) in [6, 6.07) is 2.50. The number of rotatable bonds is 3. The number of amides is 1. The zero-order valence-corrected chi connectivity index (χ0v) is 11.1. The van der Waals surface area contributed by atoms with Crippen molar-refractivity contribution in [3.05, 3.63) is 29.1 Å². The Balaban J connectivity index is 3.43. The standard InChI is InChI=1S/C13H13F4NO2/c1-7(13(15,16)17)6-9-10(18-8(2)19)4-5-11(20-3)12(9)14/h4-6H,1-3H3,(H,18,19)/b7-6+. The fourth-order valence-corrected chi connectivity index (χ4v) is 1.47. The third-order valence-electron chi connectivity index (χ3n) is 2.48. The summed E-state index contributed by atoms with van der Waals surface area (Å²) >= 11 is 0. The highest BCUT2D eigenvalue weighted by atomic mass is 19.4. The number of methoxy groups -OCH3 is 1. The van der Waals surface area contributed by atoms with Crippen molar-refractivity contribution in [1.82, 2.24) is 0 Å². The molecule has 1 aromatic carbocycles. The van der Waals surface area contributed by atoms with Crippen molar-refractivity contribution in [3.63, 3.8) is 0 Å². The molecule has 0 aliphatic heterocycles. The molecule has 1 amide bonds. The normalized spacial score (nSPS) is 12.2. The zero-order valence-electron chi connectivity index (χ0n) is 11.1. The molecule has 110 valence electrons. The van der Waals surface area contributed by atoms with Gasteiger partial charge in [-0.2, -0.15) is 13.2 Å². The van der Waals surface area contributed by atoms with E-state index in [2.05, 4.69) is 5.32 Å². The molecule has 0 bridgehead atoms. The van der Waals surface area contributed by atoms with Crippen molar-refractivity contribution in [2.45, 2.75) is 20.0 Å². The van der Waals surface area contributed by atoms with Gasteiger partial charge in [-0.15, -0.1) is 0 Å². The maximum atomic E-state index is 14.0. The molecule has 0 atom stereocenters. The number of carbonyl (C=O) groups is 1. The minimum Gasteiger partial charge on any atom is -0.494 e. The summed E-state index contributed by atoms with van der Waals surface area (Å²) in [5, 5.41) is 2.28. The molecule has 20 heavy (non-hydrogen) atoms. The van der Waals surface area contributed by atoms with Crippen molar-refractivity contribution in [3.8, 4) is 5.75 Å². The van der Waals surface area contributed by atoms with E-state index in [-0.39, 0.29) is 17.0 Å². The lowest BCUT2D eigenvalue weighted by Gasteiger charge is -2.13. The van der Waals surface area contributed by atoms with Crippen molar-refractivity contribution in [2.75, 3.05) is 12.4 Å². The highest BCUT2D eigenvalue weighted by Gasteiger charge is 2.30. The summed E-state index contributed by atoms with van der Waals surface area (Å²) in [6.07, 6.45) is -3.95. The fraction of sp³-hybridized carbons (Fsp3) is 0.308. The second kappa shape index (κ2) is 5.94. The van der Waals surface area contributed by atoms with E-state index in [0.717, 1.165) is 6.92 Å². The van der Waals surface area contributed by atoms with E-state index in [1.54, 1.807) is 0 Å². The molecule has 1 rings (SSSR count). The molecular weight excluding hydrogens is 278 g/mol. The third kappa shape index (κ3) is 3.72. The van der Waals surface area contributed by atoms with Crippen LogP contribution in [0.2, 0.25) is 0 Å². The maximum Gasteiger partial charge on any atom is 0.412 e. The van der Waals surface area contributed by atoms with Crippen LogP contribution in [0.15, 0.2) is 17.7 Å². The van der Waals surface area contributed by atoms with Gasteiger partial charge in [-0.3, -0.25) is 4.79 Å². The first kappa shape index (κ1) is 16.0. The van der Waals surface area contributed by atoms with Crippen LogP contribution < -0.4 is 10.1 Å². The van der Waals surface area contributed by atoms with Gasteiger partial charge in [-0.05, 0) is 25.1 Å². The molecule has 1 N–H and O–H groups in total. The number of hydrogen-bond acceptors (Lipinski definition) is 2. The van der Waals surface area contributed by atoms with E-state index in [0.29, 0.717) is 6.08 Å². The minimum atomic E-state index is -4.58. The number of ether oxygens (including phenoxy) is 1. The molecule has 3 nitrogen and oxygen atoms in total. The van der Waals surface area contributed by atoms with Crippen molar-refractivity contribution >= 4 is 17.7 Å². The van der Waals surface area contributed by atoms with Gasteiger partial charge in [0.1, 0.15) is 0 Å². The van der Waals surface area contributed by atoms with E-state index < -0.39 is 23.5 Å². The number of alkyl halides is 3. The number of benzene rings is 1. The van der Waals surface area contributed by atoms with E-state index in [1.807, 2.05) is 0 Å². The smallest absolute Gasteiger partial charge is 0.412 e. The van der Waals surface area contributed by atoms with Gasteiger partial charge in [-0.25, -0.2) is 4.39 Å². The van der Waals surface area contributed by atoms with Crippen LogP contribution in [0.25, 0.3) is 6.08 Å². The first-order chi connectivity index (χ1) is 9.16. The first-order valence-corrected chi connectivity index (χ1v) is 5.56. The van der Waals surface area contributed by atoms with Gasteiger partial charge in [0.25, 0.3) is 0 Å². The summed E-state index contributed by atoms with van der Waals surface area (Å²) in [6.45, 7) is 1.99. The van der Waals surface area contributed by atoms with Crippen LogP contribution in [0.3, 0.4) is 0 Å². The van der Waals surface area contributed by atoms with Crippen LogP contribution in [-0.2, 0) is 4.79 Å². The van der Waals surface area contributed by atoms with E-state index in [9.17, 15) is 22.4 Å². The Morgan fingerprint density at radius 2 is 1.90 bits per heavy atom. The predicted molar refractivity (Wildman–Crippen MR) is 67.0 cm³/mol. The molecular formula is C13H13F4NO2. The molecule has 7 heteroatoms. The van der Waals surface area contributed by atoms with Gasteiger partial charge in [0.05, 0.1) is 12.8 Å². The molecule has 1 aromatic rings. The number of anilines is 1. The van der Waals surface area contributed by atoms with Crippen LogP contribution in [0.1, 0.15) is 19.4 Å². The molecule has 0 saturated carbocycles. The summed E-state index contributed by atoms with van der Waals surface area (Å²) in [5.74, 6) is -1.70. The van der Waals surface area contributed by atoms with Crippen molar-refractivity contribution < 1.29 is 27.1 Å². The number of nitrogens with one attached hydrogen (secondary N) is 1. The predicted octanol–water partition coefficient (Wildman–Crippen LogP) is 3.76. The second-order valence-electron chi connectivity index (χ2n) is 4.05. The lowest BCUT2D eigenvalue weighted by atomic mass is 10.1. The number of halogens is 4. The average molecular weight is 291 g/mol. The lowest BCUT2D eigenvalue weighted by Crippen LogP contribution is -2.11. The van der Waals surface area contributed by atoms with E-state index >= 15 is 0 Å². The maximum absolute atomic E-state index is 14.0. The Bertz CT molecular complexity index is 550. The summed E-state index contributed by atoms with van der Waals surface area (Å²) in [4.78, 5) is 11.0. The van der Waals surface area contributed by atoms with Crippen molar-refractivity contribution in [2.24, 2.45) is 0 Å². The van der Waals surface area contributed by atoms with Gasteiger partial charge >= 0.3 is 6.18 Å². The Morgan fingerprint density at radius 3 is 2.35 bits per heavy atom. The van der Waals surface area contributed by atoms with Gasteiger partial charge in [0.15, 0.2) is 11.6 Å². The molecule has 0 unspecified atom stereocenters. The van der Waals surface area contributed by atoms with Crippen LogP contribution in [0, 0.1) is 5.82 Å². The van der Waals surface area contributed by atoms with Crippen molar-refractivity contribution in [1.29, 1.82) is 0 Å². The Labute approximate surface area is 113 Å². The zero-order chi connectivity index (χ0) is 15.5. The van der Waals surface area contributed by atoms with Crippen LogP contribution in [-0.4, -0.2) is 19.2 Å². The Kier molecular flexibility index (Phi) is 4.75. The van der Waals surface area contributed by atoms with Gasteiger partial charge in [0, 0.05) is 18.1 Å². The van der Waals surface area contributed by atoms with E-state index in [1.165, 1.54) is 26.2 Å². The summed E-state index contributed by atoms with van der Waals surface area (Å²) in [5.41, 5.74) is -1.43. The topological polar surface area (TPSA) is 38.3 Å². The molecule has 0 heterocycles. The van der Waals surface area contributed by atoms with Crippen LogP contribution in [0.5, 0.6) is 5.75 Å². The lowest BCUT2D eigenvalue weighted by molar-refractivity contribution is -0.114. The molecule has 0 fully saturated rings. The molecule has 0 saturated heterocycles. The molecule has 0 aliphatic carbocycles. The SMILES string of the molecule is COc1ccc(NC(C)=O)c(/C=C(\C)C(F)(F)F)c1F. The minimum absolute atomic E-state index is 0.0561. The van der Waals surface area contributed by atoms with Crippen LogP contribution in [0.4, 0.5) is 23.2 Å². The number of carbonyl (C=O) groups excluding carboxylic acids is 1.